The highest BCUT2D eigenvalue weighted by molar-refractivity contribution is 6.22. The number of carboxylic acids is 1. The van der Waals surface area contributed by atoms with Crippen molar-refractivity contribution in [2.75, 3.05) is 6.54 Å². The van der Waals surface area contributed by atoms with Crippen LogP contribution in [0.3, 0.4) is 0 Å². The molecule has 1 aromatic rings. The first-order chi connectivity index (χ1) is 10.4. The van der Waals surface area contributed by atoms with Crippen molar-refractivity contribution in [2.45, 2.75) is 26.3 Å². The van der Waals surface area contributed by atoms with Crippen LogP contribution in [-0.4, -0.2) is 46.3 Å². The van der Waals surface area contributed by atoms with Gasteiger partial charge in [-0.3, -0.25) is 24.1 Å². The Morgan fingerprint density at radius 3 is 2.45 bits per heavy atom. The topological polar surface area (TPSA) is 104 Å². The van der Waals surface area contributed by atoms with Gasteiger partial charge < -0.3 is 10.4 Å². The van der Waals surface area contributed by atoms with Crippen molar-refractivity contribution in [2.24, 2.45) is 0 Å². The Labute approximate surface area is 126 Å². The Morgan fingerprint density at radius 2 is 1.86 bits per heavy atom. The smallest absolute Gasteiger partial charge is 0.325 e. The van der Waals surface area contributed by atoms with Crippen LogP contribution in [0.15, 0.2) is 18.2 Å². The van der Waals surface area contributed by atoms with Crippen LogP contribution in [0.5, 0.6) is 0 Å². The van der Waals surface area contributed by atoms with Crippen LogP contribution in [0.4, 0.5) is 0 Å². The van der Waals surface area contributed by atoms with Crippen LogP contribution in [0.2, 0.25) is 0 Å². The molecule has 1 unspecified atom stereocenters. The van der Waals surface area contributed by atoms with Crippen LogP contribution < -0.4 is 5.32 Å². The van der Waals surface area contributed by atoms with Crippen molar-refractivity contribution in [3.8, 4) is 0 Å². The summed E-state index contributed by atoms with van der Waals surface area (Å²) in [5, 5.41) is 11.1. The second-order valence-corrected chi connectivity index (χ2v) is 5.06. The number of benzene rings is 1. The van der Waals surface area contributed by atoms with Crippen molar-refractivity contribution < 1.29 is 24.3 Å². The molecule has 3 amide bonds. The summed E-state index contributed by atoms with van der Waals surface area (Å²) in [6, 6.07) is 3.11. The van der Waals surface area contributed by atoms with E-state index in [2.05, 4.69) is 5.32 Å². The minimum absolute atomic E-state index is 0.145. The van der Waals surface area contributed by atoms with E-state index in [0.29, 0.717) is 13.0 Å². The Kier molecular flexibility index (Phi) is 4.25. The van der Waals surface area contributed by atoms with Gasteiger partial charge in [0.25, 0.3) is 17.7 Å². The number of hydrogen-bond donors (Lipinski definition) is 2. The van der Waals surface area contributed by atoms with Crippen molar-refractivity contribution in [3.63, 3.8) is 0 Å². The van der Waals surface area contributed by atoms with Gasteiger partial charge in [-0.05, 0) is 31.5 Å². The quantitative estimate of drug-likeness (QED) is 0.786. The van der Waals surface area contributed by atoms with Gasteiger partial charge in [0.2, 0.25) is 0 Å². The molecule has 0 aromatic heterocycles. The van der Waals surface area contributed by atoms with Gasteiger partial charge in [-0.25, -0.2) is 0 Å². The fraction of sp³-hybridized carbons (Fsp3) is 0.333. The molecule has 116 valence electrons. The number of amides is 3. The number of nitrogens with zero attached hydrogens (tertiary/aromatic N) is 1. The first kappa shape index (κ1) is 15.7. The maximum absolute atomic E-state index is 12.2. The van der Waals surface area contributed by atoms with Crippen molar-refractivity contribution in [1.82, 2.24) is 10.2 Å². The zero-order valence-electron chi connectivity index (χ0n) is 12.3. The van der Waals surface area contributed by atoms with E-state index in [1.165, 1.54) is 25.1 Å². The van der Waals surface area contributed by atoms with Gasteiger partial charge in [0.05, 0.1) is 11.1 Å². The van der Waals surface area contributed by atoms with Crippen LogP contribution in [-0.2, 0) is 4.79 Å². The van der Waals surface area contributed by atoms with Gasteiger partial charge in [0, 0.05) is 12.1 Å². The molecular weight excluding hydrogens is 288 g/mol. The van der Waals surface area contributed by atoms with Crippen LogP contribution in [0.25, 0.3) is 0 Å². The van der Waals surface area contributed by atoms with Crippen LogP contribution in [0.1, 0.15) is 51.3 Å². The summed E-state index contributed by atoms with van der Waals surface area (Å²) < 4.78 is 0. The van der Waals surface area contributed by atoms with Crippen LogP contribution >= 0.6 is 0 Å². The van der Waals surface area contributed by atoms with E-state index in [1.807, 2.05) is 6.92 Å². The lowest BCUT2D eigenvalue weighted by atomic mass is 10.1. The third-order valence-corrected chi connectivity index (χ3v) is 3.40. The van der Waals surface area contributed by atoms with E-state index in [-0.39, 0.29) is 22.6 Å². The van der Waals surface area contributed by atoms with E-state index in [1.54, 1.807) is 0 Å². The Balaban J connectivity index is 2.27. The zero-order chi connectivity index (χ0) is 16.4. The molecule has 0 bridgehead atoms. The Bertz CT molecular complexity index is 668. The Morgan fingerprint density at radius 1 is 1.23 bits per heavy atom. The number of nitrogens with one attached hydrogen (secondary N) is 1. The number of carbonyl (C=O) groups excluding carboxylic acids is 3. The van der Waals surface area contributed by atoms with Crippen molar-refractivity contribution in [3.05, 3.63) is 34.9 Å². The molecule has 7 nitrogen and oxygen atoms in total. The van der Waals surface area contributed by atoms with Crippen LogP contribution in [0, 0.1) is 0 Å². The minimum Gasteiger partial charge on any atom is -0.480 e. The lowest BCUT2D eigenvalue weighted by molar-refractivity contribution is -0.138. The first-order valence-electron chi connectivity index (χ1n) is 6.90. The summed E-state index contributed by atoms with van der Waals surface area (Å²) in [5.74, 6) is -2.56. The maximum atomic E-state index is 12.2. The molecule has 1 aliphatic heterocycles. The fourth-order valence-electron chi connectivity index (χ4n) is 2.20. The summed E-state index contributed by atoms with van der Waals surface area (Å²) >= 11 is 0. The predicted molar refractivity (Wildman–Crippen MR) is 76.7 cm³/mol. The average molecular weight is 304 g/mol. The Hall–Kier alpha value is -2.70. The molecule has 0 saturated carbocycles. The van der Waals surface area contributed by atoms with Gasteiger partial charge in [-0.15, -0.1) is 0 Å². The molecule has 0 spiro atoms. The van der Waals surface area contributed by atoms with Gasteiger partial charge in [0.15, 0.2) is 0 Å². The lowest BCUT2D eigenvalue weighted by Gasteiger charge is -2.11. The van der Waals surface area contributed by atoms with Crippen molar-refractivity contribution in [1.29, 1.82) is 0 Å². The molecule has 7 heteroatoms. The van der Waals surface area contributed by atoms with Crippen molar-refractivity contribution >= 4 is 23.7 Å². The number of aliphatic carboxylic acids is 1. The second-order valence-electron chi connectivity index (χ2n) is 5.06. The molecule has 1 heterocycles. The molecule has 0 aliphatic carbocycles. The van der Waals surface area contributed by atoms with E-state index < -0.39 is 23.8 Å². The second kappa shape index (κ2) is 5.97. The summed E-state index contributed by atoms with van der Waals surface area (Å²) in [6.07, 6.45) is 0.648. The normalized spacial score (nSPS) is 14.7. The number of hydrogen-bond acceptors (Lipinski definition) is 4. The molecule has 1 aromatic carbocycles. The standard InChI is InChI=1S/C15H16N2O5/c1-3-6-17-13(19)10-5-4-9(7-11(10)14(17)20)12(18)16-8(2)15(21)22/h4-5,7-8H,3,6H2,1-2H3,(H,16,18)(H,21,22). The number of carboxylic acid groups (broad SMARTS) is 1. The molecule has 0 saturated heterocycles. The largest absolute Gasteiger partial charge is 0.480 e. The maximum Gasteiger partial charge on any atom is 0.325 e. The average Bonchev–Trinajstić information content (AvgIpc) is 2.72. The summed E-state index contributed by atoms with van der Waals surface area (Å²) in [7, 11) is 0. The number of rotatable bonds is 5. The highest BCUT2D eigenvalue weighted by Gasteiger charge is 2.35. The minimum atomic E-state index is -1.16. The molecule has 1 atom stereocenters. The number of carbonyl (C=O) groups is 4. The molecule has 22 heavy (non-hydrogen) atoms. The molecule has 2 rings (SSSR count). The summed E-state index contributed by atoms with van der Waals surface area (Å²) in [4.78, 5) is 48.1. The molecule has 1 aliphatic rings. The molecule has 2 N–H and O–H groups in total. The lowest BCUT2D eigenvalue weighted by Crippen LogP contribution is -2.38. The van der Waals surface area contributed by atoms with Gasteiger partial charge >= 0.3 is 5.97 Å². The predicted octanol–water partition coefficient (Wildman–Crippen LogP) is 0.895. The van der Waals surface area contributed by atoms with E-state index in [9.17, 15) is 19.2 Å². The third-order valence-electron chi connectivity index (χ3n) is 3.40. The molecule has 0 radical (unpaired) electrons. The monoisotopic (exact) mass is 304 g/mol. The van der Waals surface area contributed by atoms with Gasteiger partial charge in [-0.2, -0.15) is 0 Å². The first-order valence-corrected chi connectivity index (χ1v) is 6.90. The highest BCUT2D eigenvalue weighted by atomic mass is 16.4. The summed E-state index contributed by atoms with van der Waals surface area (Å²) in [5.41, 5.74) is 0.585. The van der Waals surface area contributed by atoms with Gasteiger partial charge in [-0.1, -0.05) is 6.92 Å². The zero-order valence-corrected chi connectivity index (χ0v) is 12.3. The highest BCUT2D eigenvalue weighted by Crippen LogP contribution is 2.24. The fourth-order valence-corrected chi connectivity index (χ4v) is 2.20. The van der Waals surface area contributed by atoms with E-state index in [0.717, 1.165) is 4.90 Å². The van der Waals surface area contributed by atoms with E-state index in [4.69, 9.17) is 5.11 Å². The van der Waals surface area contributed by atoms with E-state index >= 15 is 0 Å². The van der Waals surface area contributed by atoms with Gasteiger partial charge in [0.1, 0.15) is 6.04 Å². The number of fused-ring (bicyclic) bond motifs is 1. The molecule has 0 fully saturated rings. The summed E-state index contributed by atoms with van der Waals surface area (Å²) in [6.45, 7) is 3.52. The number of imide groups is 1. The third kappa shape index (κ3) is 2.69. The molecular formula is C15H16N2O5. The SMILES string of the molecule is CCCN1C(=O)c2ccc(C(=O)NC(C)C(=O)O)cc2C1=O.